The number of hydrogen-bond acceptors (Lipinski definition) is 6. The number of likely N-dealkylation sites (N-methyl/N-ethyl adjacent to an activating group) is 1. The van der Waals surface area contributed by atoms with Gasteiger partial charge in [-0.05, 0) is 20.9 Å². The summed E-state index contributed by atoms with van der Waals surface area (Å²) in [6.45, 7) is 7.28. The fraction of sp³-hybridized carbons (Fsp3) is 0.471. The zero-order valence-electron chi connectivity index (χ0n) is 14.5. The number of amidine groups is 2. The van der Waals surface area contributed by atoms with Crippen molar-refractivity contribution in [3.63, 3.8) is 0 Å². The molecule has 8 heteroatoms. The van der Waals surface area contributed by atoms with Gasteiger partial charge in [0.1, 0.15) is 0 Å². The monoisotopic (exact) mass is 346 g/mol. The van der Waals surface area contributed by atoms with E-state index in [0.717, 1.165) is 44.0 Å². The zero-order chi connectivity index (χ0) is 17.7. The molecule has 0 spiro atoms. The molecule has 3 aliphatic rings. The van der Waals surface area contributed by atoms with Gasteiger partial charge in [-0.15, -0.1) is 0 Å². The average molecular weight is 346 g/mol. The summed E-state index contributed by atoms with van der Waals surface area (Å²) in [4.78, 5) is 13.7. The number of halogens is 2. The highest BCUT2D eigenvalue weighted by Gasteiger charge is 2.35. The minimum atomic E-state index is -0.914. The molecule has 132 valence electrons. The maximum absolute atomic E-state index is 13.8. The Morgan fingerprint density at radius 1 is 1.04 bits per heavy atom. The smallest absolute Gasteiger partial charge is 0.193 e. The second-order valence-corrected chi connectivity index (χ2v) is 6.66. The van der Waals surface area contributed by atoms with Crippen molar-refractivity contribution in [2.45, 2.75) is 19.9 Å². The standard InChI is InChI=1S/C17H20F2N6/c1-10-11(2)22-25-15-9-13(19)12(18)8-14(15)21-16(17(25)20-10)24-6-4-23(3)5-7-24/h8-10H,4-7H2,1-3H3. The number of hydrazone groups is 1. The first kappa shape index (κ1) is 16.1. The van der Waals surface area contributed by atoms with Gasteiger partial charge < -0.3 is 9.80 Å². The number of aliphatic imine (C=N–C) groups is 2. The first-order valence-electron chi connectivity index (χ1n) is 8.38. The van der Waals surface area contributed by atoms with Gasteiger partial charge in [0, 0.05) is 38.3 Å². The van der Waals surface area contributed by atoms with E-state index < -0.39 is 11.6 Å². The Morgan fingerprint density at radius 3 is 2.44 bits per heavy atom. The summed E-state index contributed by atoms with van der Waals surface area (Å²) in [5, 5.41) is 6.16. The van der Waals surface area contributed by atoms with Gasteiger partial charge in [0.25, 0.3) is 0 Å². The van der Waals surface area contributed by atoms with Gasteiger partial charge in [-0.2, -0.15) is 5.10 Å². The Balaban J connectivity index is 1.83. The van der Waals surface area contributed by atoms with E-state index >= 15 is 0 Å². The molecule has 0 bridgehead atoms. The van der Waals surface area contributed by atoms with Crippen LogP contribution in [0.5, 0.6) is 0 Å². The third-order valence-electron chi connectivity index (χ3n) is 4.85. The molecule has 6 nitrogen and oxygen atoms in total. The molecule has 1 aromatic carbocycles. The molecule has 1 atom stereocenters. The van der Waals surface area contributed by atoms with Crippen LogP contribution in [0.3, 0.4) is 0 Å². The number of piperazine rings is 1. The van der Waals surface area contributed by atoms with Crippen LogP contribution in [-0.2, 0) is 0 Å². The van der Waals surface area contributed by atoms with Gasteiger partial charge in [0.2, 0.25) is 0 Å². The van der Waals surface area contributed by atoms with E-state index in [9.17, 15) is 8.78 Å². The first-order chi connectivity index (χ1) is 11.9. The Morgan fingerprint density at radius 2 is 1.72 bits per heavy atom. The van der Waals surface area contributed by atoms with Crippen LogP contribution < -0.4 is 5.01 Å². The minimum absolute atomic E-state index is 0.0734. The lowest BCUT2D eigenvalue weighted by atomic mass is 10.1. The molecule has 0 radical (unpaired) electrons. The largest absolute Gasteiger partial charge is 0.351 e. The summed E-state index contributed by atoms with van der Waals surface area (Å²) < 4.78 is 27.5. The number of hydrogen-bond donors (Lipinski definition) is 0. The van der Waals surface area contributed by atoms with Crippen LogP contribution in [0.15, 0.2) is 27.2 Å². The van der Waals surface area contributed by atoms with Crippen LogP contribution in [0.1, 0.15) is 13.8 Å². The predicted octanol–water partition coefficient (Wildman–Crippen LogP) is 2.24. The maximum atomic E-state index is 13.8. The number of benzene rings is 1. The number of nitrogens with zero attached hydrogens (tertiary/aromatic N) is 6. The lowest BCUT2D eigenvalue weighted by molar-refractivity contribution is 0.217. The summed E-state index contributed by atoms with van der Waals surface area (Å²) in [6, 6.07) is 2.19. The van der Waals surface area contributed by atoms with Crippen molar-refractivity contribution in [3.8, 4) is 0 Å². The van der Waals surface area contributed by atoms with Crippen molar-refractivity contribution in [3.05, 3.63) is 23.8 Å². The Bertz CT molecular complexity index is 808. The van der Waals surface area contributed by atoms with Gasteiger partial charge in [0.05, 0.1) is 23.1 Å². The minimum Gasteiger partial charge on any atom is -0.351 e. The second-order valence-electron chi connectivity index (χ2n) is 6.66. The van der Waals surface area contributed by atoms with Gasteiger partial charge >= 0.3 is 0 Å². The highest BCUT2D eigenvalue weighted by atomic mass is 19.2. The van der Waals surface area contributed by atoms with Crippen molar-refractivity contribution in [1.29, 1.82) is 0 Å². The van der Waals surface area contributed by atoms with E-state index in [1.165, 1.54) is 0 Å². The SMILES string of the molecule is CC1=NN2C(=NC1C)C(N1CCN(C)CC1)=Nc1cc(F)c(F)cc12. The highest BCUT2D eigenvalue weighted by Crippen LogP contribution is 2.37. The predicted molar refractivity (Wildman–Crippen MR) is 95.0 cm³/mol. The van der Waals surface area contributed by atoms with Crippen molar-refractivity contribution in [2.75, 3.05) is 38.2 Å². The molecular formula is C17H20F2N6. The van der Waals surface area contributed by atoms with Crippen molar-refractivity contribution < 1.29 is 8.78 Å². The molecule has 3 heterocycles. The fourth-order valence-corrected chi connectivity index (χ4v) is 3.12. The Hall–Kier alpha value is -2.35. The third-order valence-corrected chi connectivity index (χ3v) is 4.85. The van der Waals surface area contributed by atoms with Crippen molar-refractivity contribution >= 4 is 28.8 Å². The molecule has 0 N–H and O–H groups in total. The molecule has 1 aromatic rings. The molecule has 3 aliphatic heterocycles. The van der Waals surface area contributed by atoms with Gasteiger partial charge in [-0.3, -0.25) is 4.99 Å². The van der Waals surface area contributed by atoms with Crippen LogP contribution in [-0.4, -0.2) is 66.5 Å². The molecule has 25 heavy (non-hydrogen) atoms. The molecular weight excluding hydrogens is 326 g/mol. The highest BCUT2D eigenvalue weighted by molar-refractivity contribution is 6.47. The van der Waals surface area contributed by atoms with Gasteiger partial charge in [-0.25, -0.2) is 18.8 Å². The van der Waals surface area contributed by atoms with Crippen LogP contribution in [0.2, 0.25) is 0 Å². The van der Waals surface area contributed by atoms with Crippen molar-refractivity contribution in [1.82, 2.24) is 9.80 Å². The summed E-state index contributed by atoms with van der Waals surface area (Å²) in [5.41, 5.74) is 1.61. The van der Waals surface area contributed by atoms with Crippen LogP contribution >= 0.6 is 0 Å². The van der Waals surface area contributed by atoms with Crippen molar-refractivity contribution in [2.24, 2.45) is 15.1 Å². The Kier molecular flexibility index (Phi) is 3.79. The number of fused-ring (bicyclic) bond motifs is 3. The maximum Gasteiger partial charge on any atom is 0.193 e. The normalized spacial score (nSPS) is 23.6. The summed E-state index contributed by atoms with van der Waals surface area (Å²) in [6.07, 6.45) is 0. The topological polar surface area (TPSA) is 46.8 Å². The van der Waals surface area contributed by atoms with Crippen LogP contribution in [0.25, 0.3) is 0 Å². The molecule has 1 fully saturated rings. The molecule has 0 aromatic heterocycles. The van der Waals surface area contributed by atoms with E-state index in [1.54, 1.807) is 5.01 Å². The summed E-state index contributed by atoms with van der Waals surface area (Å²) in [7, 11) is 2.08. The lowest BCUT2D eigenvalue weighted by Gasteiger charge is -2.39. The van der Waals surface area contributed by atoms with E-state index in [0.29, 0.717) is 23.0 Å². The average Bonchev–Trinajstić information content (AvgIpc) is 2.58. The lowest BCUT2D eigenvalue weighted by Crippen LogP contribution is -2.54. The first-order valence-corrected chi connectivity index (χ1v) is 8.38. The molecule has 0 amide bonds. The molecule has 4 rings (SSSR count). The molecule has 1 saturated heterocycles. The van der Waals surface area contributed by atoms with E-state index in [1.807, 2.05) is 13.8 Å². The fourth-order valence-electron chi connectivity index (χ4n) is 3.12. The van der Waals surface area contributed by atoms with E-state index in [2.05, 4.69) is 26.9 Å². The molecule has 0 aliphatic carbocycles. The summed E-state index contributed by atoms with van der Waals surface area (Å²) >= 11 is 0. The van der Waals surface area contributed by atoms with Gasteiger partial charge in [-0.1, -0.05) is 0 Å². The molecule has 1 unspecified atom stereocenters. The quantitative estimate of drug-likeness (QED) is 0.724. The van der Waals surface area contributed by atoms with E-state index in [-0.39, 0.29) is 6.04 Å². The summed E-state index contributed by atoms with van der Waals surface area (Å²) in [5.74, 6) is -0.551. The number of anilines is 1. The second kappa shape index (κ2) is 5.87. The zero-order valence-corrected chi connectivity index (χ0v) is 14.5. The number of rotatable bonds is 0. The Labute approximate surface area is 145 Å². The van der Waals surface area contributed by atoms with Crippen LogP contribution in [0.4, 0.5) is 20.2 Å². The van der Waals surface area contributed by atoms with Gasteiger partial charge in [0.15, 0.2) is 23.3 Å². The third kappa shape index (κ3) is 2.70. The molecule has 0 saturated carbocycles. The van der Waals surface area contributed by atoms with Crippen LogP contribution in [0, 0.1) is 11.6 Å². The van der Waals surface area contributed by atoms with E-state index in [4.69, 9.17) is 4.99 Å².